The van der Waals surface area contributed by atoms with Gasteiger partial charge < -0.3 is 0 Å². The molecule has 1 fully saturated rings. The molecule has 146 valence electrons. The highest BCUT2D eigenvalue weighted by Crippen LogP contribution is 2.39. The summed E-state index contributed by atoms with van der Waals surface area (Å²) in [5.74, 6) is 2.83. The van der Waals surface area contributed by atoms with E-state index >= 15 is 0 Å². The molecule has 0 heteroatoms. The zero-order chi connectivity index (χ0) is 18.2. The standard InChI is InChI=1S/C26H42/c1-3-5-7-8-10-21-11-14-23(15-12-21)25-18-17-24-19-22(9-6-4-2)13-16-26(24)20-25/h17-18,20-23H,3-16,19H2,1-2H3/t21-,22?,23-. The van der Waals surface area contributed by atoms with Crippen molar-refractivity contribution in [3.8, 4) is 0 Å². The first-order valence-corrected chi connectivity index (χ1v) is 11.9. The smallest absolute Gasteiger partial charge is 0.0162 e. The monoisotopic (exact) mass is 354 g/mol. The number of unbranched alkanes of at least 4 members (excludes halogenated alkanes) is 4. The lowest BCUT2D eigenvalue weighted by atomic mass is 9.75. The zero-order valence-corrected chi connectivity index (χ0v) is 17.6. The normalized spacial score (nSPS) is 25.8. The largest absolute Gasteiger partial charge is 0.0654 e. The van der Waals surface area contributed by atoms with Crippen LogP contribution in [-0.4, -0.2) is 0 Å². The van der Waals surface area contributed by atoms with Crippen LogP contribution < -0.4 is 0 Å². The molecule has 26 heavy (non-hydrogen) atoms. The van der Waals surface area contributed by atoms with Gasteiger partial charge in [0.1, 0.15) is 0 Å². The number of hydrogen-bond acceptors (Lipinski definition) is 0. The van der Waals surface area contributed by atoms with Crippen LogP contribution >= 0.6 is 0 Å². The minimum atomic E-state index is 0.852. The highest BCUT2D eigenvalue weighted by molar-refractivity contribution is 5.36. The predicted octanol–water partition coefficient (Wildman–Crippen LogP) is 8.23. The molecule has 1 saturated carbocycles. The molecule has 0 spiro atoms. The molecule has 1 aromatic rings. The average Bonchev–Trinajstić information content (AvgIpc) is 2.69. The van der Waals surface area contributed by atoms with E-state index in [4.69, 9.17) is 0 Å². The topological polar surface area (TPSA) is 0 Å². The lowest BCUT2D eigenvalue weighted by molar-refractivity contribution is 0.302. The first kappa shape index (κ1) is 20.0. The minimum Gasteiger partial charge on any atom is -0.0654 e. The maximum absolute atomic E-state index is 2.61. The van der Waals surface area contributed by atoms with Crippen molar-refractivity contribution in [3.05, 3.63) is 34.9 Å². The number of aryl methyl sites for hydroxylation is 1. The molecule has 2 aliphatic carbocycles. The van der Waals surface area contributed by atoms with Crippen LogP contribution in [0.25, 0.3) is 0 Å². The molecule has 3 rings (SSSR count). The van der Waals surface area contributed by atoms with Crippen LogP contribution in [0.1, 0.15) is 120 Å². The summed E-state index contributed by atoms with van der Waals surface area (Å²) in [6.45, 7) is 4.64. The molecule has 2 aliphatic rings. The SMILES string of the molecule is CCCCCC[C@H]1CC[C@H](c2ccc3c(c2)CCC(CCCC)C3)CC1. The summed E-state index contributed by atoms with van der Waals surface area (Å²) in [6.07, 6.45) is 21.4. The number of rotatable bonds is 9. The van der Waals surface area contributed by atoms with Gasteiger partial charge in [-0.05, 0) is 79.4 Å². The van der Waals surface area contributed by atoms with E-state index < -0.39 is 0 Å². The summed E-state index contributed by atoms with van der Waals surface area (Å²) in [5, 5.41) is 0. The Morgan fingerprint density at radius 2 is 1.50 bits per heavy atom. The Morgan fingerprint density at radius 1 is 0.731 bits per heavy atom. The van der Waals surface area contributed by atoms with Gasteiger partial charge in [-0.15, -0.1) is 0 Å². The third-order valence-corrected chi connectivity index (χ3v) is 7.31. The van der Waals surface area contributed by atoms with Crippen molar-refractivity contribution in [1.29, 1.82) is 0 Å². The van der Waals surface area contributed by atoms with Crippen molar-refractivity contribution in [2.75, 3.05) is 0 Å². The third-order valence-electron chi connectivity index (χ3n) is 7.31. The zero-order valence-electron chi connectivity index (χ0n) is 17.6. The van der Waals surface area contributed by atoms with Gasteiger partial charge in [-0.2, -0.15) is 0 Å². The first-order chi connectivity index (χ1) is 12.8. The van der Waals surface area contributed by atoms with E-state index in [1.165, 1.54) is 96.3 Å². The maximum Gasteiger partial charge on any atom is -0.0162 e. The Kier molecular flexibility index (Phi) is 8.08. The highest BCUT2D eigenvalue weighted by Gasteiger charge is 2.24. The van der Waals surface area contributed by atoms with E-state index in [9.17, 15) is 0 Å². The molecule has 1 atom stereocenters. The Bertz CT molecular complexity index is 521. The lowest BCUT2D eigenvalue weighted by Gasteiger charge is -2.30. The van der Waals surface area contributed by atoms with Gasteiger partial charge in [-0.1, -0.05) is 83.4 Å². The van der Waals surface area contributed by atoms with E-state index in [0.29, 0.717) is 0 Å². The summed E-state index contributed by atoms with van der Waals surface area (Å²) >= 11 is 0. The van der Waals surface area contributed by atoms with Gasteiger partial charge in [0, 0.05) is 0 Å². The van der Waals surface area contributed by atoms with Crippen molar-refractivity contribution < 1.29 is 0 Å². The van der Waals surface area contributed by atoms with Crippen LogP contribution in [-0.2, 0) is 12.8 Å². The Labute approximate surface area is 163 Å². The first-order valence-electron chi connectivity index (χ1n) is 11.9. The van der Waals surface area contributed by atoms with Crippen LogP contribution in [0, 0.1) is 11.8 Å². The van der Waals surface area contributed by atoms with Crippen LogP contribution in [0.2, 0.25) is 0 Å². The summed E-state index contributed by atoms with van der Waals surface area (Å²) < 4.78 is 0. The van der Waals surface area contributed by atoms with Crippen LogP contribution in [0.4, 0.5) is 0 Å². The van der Waals surface area contributed by atoms with E-state index in [1.54, 1.807) is 16.7 Å². The summed E-state index contributed by atoms with van der Waals surface area (Å²) in [5.41, 5.74) is 5.03. The minimum absolute atomic E-state index is 0.852. The molecule has 0 bridgehead atoms. The fraction of sp³-hybridized carbons (Fsp3) is 0.769. The van der Waals surface area contributed by atoms with Gasteiger partial charge in [0.25, 0.3) is 0 Å². The molecule has 0 heterocycles. The van der Waals surface area contributed by atoms with Gasteiger partial charge in [0.05, 0.1) is 0 Å². The van der Waals surface area contributed by atoms with Crippen LogP contribution in [0.3, 0.4) is 0 Å². The van der Waals surface area contributed by atoms with Gasteiger partial charge in [0.15, 0.2) is 0 Å². The molecule has 0 amide bonds. The van der Waals surface area contributed by atoms with Crippen LogP contribution in [0.15, 0.2) is 18.2 Å². The number of fused-ring (bicyclic) bond motifs is 1. The molecule has 0 aromatic heterocycles. The van der Waals surface area contributed by atoms with Crippen molar-refractivity contribution in [2.45, 2.75) is 116 Å². The van der Waals surface area contributed by atoms with E-state index in [1.807, 2.05) is 0 Å². The summed E-state index contributed by atoms with van der Waals surface area (Å²) in [7, 11) is 0. The molecule has 1 unspecified atom stereocenters. The van der Waals surface area contributed by atoms with Crippen molar-refractivity contribution in [2.24, 2.45) is 11.8 Å². The second-order valence-electron chi connectivity index (χ2n) is 9.35. The highest BCUT2D eigenvalue weighted by atomic mass is 14.3. The maximum atomic E-state index is 2.61. The fourth-order valence-corrected chi connectivity index (χ4v) is 5.49. The quantitative estimate of drug-likeness (QED) is 0.392. The molecule has 0 nitrogen and oxygen atoms in total. The molecular weight excluding hydrogens is 312 g/mol. The second-order valence-corrected chi connectivity index (χ2v) is 9.35. The Balaban J connectivity index is 1.48. The lowest BCUT2D eigenvalue weighted by Crippen LogP contribution is -2.16. The molecule has 1 aromatic carbocycles. The molecular formula is C26H42. The Morgan fingerprint density at radius 3 is 2.27 bits per heavy atom. The fourth-order valence-electron chi connectivity index (χ4n) is 5.49. The van der Waals surface area contributed by atoms with Crippen molar-refractivity contribution in [3.63, 3.8) is 0 Å². The number of benzene rings is 1. The van der Waals surface area contributed by atoms with E-state index in [2.05, 4.69) is 32.0 Å². The van der Waals surface area contributed by atoms with Gasteiger partial charge in [0.2, 0.25) is 0 Å². The van der Waals surface area contributed by atoms with Crippen molar-refractivity contribution >= 4 is 0 Å². The van der Waals surface area contributed by atoms with Gasteiger partial charge >= 0.3 is 0 Å². The number of hydrogen-bond donors (Lipinski definition) is 0. The Hall–Kier alpha value is -0.780. The van der Waals surface area contributed by atoms with Gasteiger partial charge in [-0.25, -0.2) is 0 Å². The molecule has 0 saturated heterocycles. The molecule has 0 N–H and O–H groups in total. The predicted molar refractivity (Wildman–Crippen MR) is 115 cm³/mol. The second kappa shape index (κ2) is 10.5. The summed E-state index contributed by atoms with van der Waals surface area (Å²) in [6, 6.07) is 7.60. The van der Waals surface area contributed by atoms with Crippen molar-refractivity contribution in [1.82, 2.24) is 0 Å². The molecule has 0 radical (unpaired) electrons. The average molecular weight is 355 g/mol. The third kappa shape index (κ3) is 5.61. The van der Waals surface area contributed by atoms with E-state index in [-0.39, 0.29) is 0 Å². The van der Waals surface area contributed by atoms with Gasteiger partial charge in [-0.3, -0.25) is 0 Å². The summed E-state index contributed by atoms with van der Waals surface area (Å²) in [4.78, 5) is 0. The molecule has 0 aliphatic heterocycles. The van der Waals surface area contributed by atoms with Crippen LogP contribution in [0.5, 0.6) is 0 Å². The van der Waals surface area contributed by atoms with E-state index in [0.717, 1.165) is 17.8 Å².